The Morgan fingerprint density at radius 2 is 1.40 bits per heavy atom. The van der Waals surface area contributed by atoms with Crippen LogP contribution in [0.5, 0.6) is 0 Å². The molecule has 1 radical (unpaired) electrons. The molecule has 2 heterocycles. The number of hydrogen-bond donors (Lipinski definition) is 1. The number of thiophene rings is 1. The Labute approximate surface area is 294 Å². The van der Waals surface area contributed by atoms with E-state index in [1.807, 2.05) is 6.20 Å². The van der Waals surface area contributed by atoms with Gasteiger partial charge in [0.25, 0.3) is 0 Å². The van der Waals surface area contributed by atoms with Gasteiger partial charge in [-0.3, -0.25) is 4.79 Å². The molecular formula is C42H36IrNO2S-. The van der Waals surface area contributed by atoms with Gasteiger partial charge in [-0.15, -0.1) is 17.7 Å². The second-order valence-electron chi connectivity index (χ2n) is 11.9. The van der Waals surface area contributed by atoms with Gasteiger partial charge in [-0.25, -0.2) is 0 Å². The van der Waals surface area contributed by atoms with Crippen molar-refractivity contribution in [3.05, 3.63) is 138 Å². The van der Waals surface area contributed by atoms with E-state index in [1.54, 1.807) is 11.3 Å². The molecule has 47 heavy (non-hydrogen) atoms. The quantitative estimate of drug-likeness (QED) is 0.0815. The van der Waals surface area contributed by atoms with E-state index in [1.165, 1.54) is 74.2 Å². The summed E-state index contributed by atoms with van der Waals surface area (Å²) < 4.78 is 1.16. The summed E-state index contributed by atoms with van der Waals surface area (Å²) in [5, 5.41) is 14.6. The number of aromatic nitrogens is 1. The molecule has 7 rings (SSSR count). The van der Waals surface area contributed by atoms with Gasteiger partial charge in [0, 0.05) is 37.3 Å². The molecule has 0 amide bonds. The number of rotatable bonds is 5. The number of aliphatic hydroxyl groups excluding tert-OH is 1. The Hall–Kier alpha value is -4.41. The van der Waals surface area contributed by atoms with Gasteiger partial charge in [-0.2, -0.15) is 11.3 Å². The van der Waals surface area contributed by atoms with Crippen molar-refractivity contribution < 1.29 is 30.0 Å². The average molecular weight is 811 g/mol. The number of hydrogen-bond acceptors (Lipinski definition) is 4. The topological polar surface area (TPSA) is 50.2 Å². The number of ketones is 1. The van der Waals surface area contributed by atoms with E-state index in [2.05, 4.69) is 130 Å². The maximum absolute atomic E-state index is 10.0. The van der Waals surface area contributed by atoms with Crippen LogP contribution >= 0.6 is 11.3 Å². The second kappa shape index (κ2) is 14.6. The molecule has 0 fully saturated rings. The summed E-state index contributed by atoms with van der Waals surface area (Å²) >= 11 is 1.80. The molecule has 0 unspecified atom stereocenters. The maximum Gasteiger partial charge on any atom is 0.155 e. The minimum atomic E-state index is -0.125. The summed E-state index contributed by atoms with van der Waals surface area (Å²) in [5.41, 5.74) is 8.45. The third-order valence-electron chi connectivity index (χ3n) is 8.15. The van der Waals surface area contributed by atoms with Crippen LogP contribution < -0.4 is 0 Å². The zero-order valence-corrected chi connectivity index (χ0v) is 30.3. The molecule has 7 aromatic rings. The van der Waals surface area contributed by atoms with Crippen LogP contribution in [0.4, 0.5) is 0 Å². The summed E-state index contributed by atoms with van der Waals surface area (Å²) in [6.07, 6.45) is 3.12. The van der Waals surface area contributed by atoms with Crippen LogP contribution in [-0.2, 0) is 24.9 Å². The number of nitrogens with zero attached hydrogens (tertiary/aromatic N) is 1. The van der Waals surface area contributed by atoms with Crippen molar-refractivity contribution in [2.75, 3.05) is 0 Å². The van der Waals surface area contributed by atoms with Crippen molar-refractivity contribution >= 4 is 48.8 Å². The van der Waals surface area contributed by atoms with E-state index in [0.29, 0.717) is 5.92 Å². The first-order chi connectivity index (χ1) is 22.2. The van der Waals surface area contributed by atoms with Crippen molar-refractivity contribution in [2.24, 2.45) is 0 Å². The number of carbonyl (C=O) groups is 1. The predicted octanol–water partition coefficient (Wildman–Crippen LogP) is 11.9. The number of aliphatic hydroxyl groups is 1. The van der Waals surface area contributed by atoms with Gasteiger partial charge in [0.1, 0.15) is 0 Å². The van der Waals surface area contributed by atoms with Crippen LogP contribution in [0.15, 0.2) is 121 Å². The molecule has 5 aromatic carbocycles. The Kier molecular flexibility index (Phi) is 10.5. The monoisotopic (exact) mass is 811 g/mol. The van der Waals surface area contributed by atoms with Gasteiger partial charge < -0.3 is 10.1 Å². The minimum absolute atomic E-state index is 0. The zero-order valence-electron chi connectivity index (χ0n) is 27.1. The smallest absolute Gasteiger partial charge is 0.155 e. The van der Waals surface area contributed by atoms with Crippen LogP contribution in [-0.4, -0.2) is 15.9 Å². The summed E-state index contributed by atoms with van der Waals surface area (Å²) in [7, 11) is 0. The van der Waals surface area contributed by atoms with Crippen molar-refractivity contribution in [3.63, 3.8) is 0 Å². The van der Waals surface area contributed by atoms with Crippen molar-refractivity contribution in [3.8, 4) is 32.8 Å². The molecule has 0 aliphatic heterocycles. The number of allylic oxidation sites excluding steroid dienone is 2. The standard InChI is InChI=1S/C37H28NS.C5H8O2.Ir/c1-23(2)36-24(3)14-15-28-29-18-19-38-37(31(29)17-16-30(28)36)27-20-32(25-10-6-4-7-11-25)33-22-34(39-35(33)21-27)26-12-8-5-9-13-26;1-4(6)3-5(2)7;/h4-20,22-23H,1-3H3;3,6H,1-2H3;/q-1;;/b;4-3-;. The Bertz CT molecular complexity index is 2230. The van der Waals surface area contributed by atoms with Gasteiger partial charge in [-0.05, 0) is 86.9 Å². The van der Waals surface area contributed by atoms with Crippen LogP contribution in [0.25, 0.3) is 64.5 Å². The Morgan fingerprint density at radius 1 is 0.787 bits per heavy atom. The second-order valence-corrected chi connectivity index (χ2v) is 13.0. The molecule has 0 spiro atoms. The fourth-order valence-corrected chi connectivity index (χ4v) is 7.36. The molecule has 2 aromatic heterocycles. The number of fused-ring (bicyclic) bond motifs is 4. The zero-order chi connectivity index (χ0) is 32.4. The number of aryl methyl sites for hydroxylation is 1. The molecule has 1 N–H and O–H groups in total. The summed E-state index contributed by atoms with van der Waals surface area (Å²) in [6.45, 7) is 9.63. The fraction of sp³-hybridized carbons (Fsp3) is 0.143. The van der Waals surface area contributed by atoms with E-state index in [-0.39, 0.29) is 31.6 Å². The van der Waals surface area contributed by atoms with Crippen molar-refractivity contribution in [2.45, 2.75) is 40.5 Å². The van der Waals surface area contributed by atoms with E-state index in [4.69, 9.17) is 10.1 Å². The van der Waals surface area contributed by atoms with Crippen LogP contribution in [0, 0.1) is 13.0 Å². The third kappa shape index (κ3) is 7.13. The van der Waals surface area contributed by atoms with Gasteiger partial charge in [0.05, 0.1) is 5.76 Å². The van der Waals surface area contributed by atoms with E-state index < -0.39 is 0 Å². The Morgan fingerprint density at radius 3 is 2.02 bits per heavy atom. The molecule has 0 saturated carbocycles. The predicted molar refractivity (Wildman–Crippen MR) is 196 cm³/mol. The first-order valence-electron chi connectivity index (χ1n) is 15.5. The van der Waals surface area contributed by atoms with Gasteiger partial charge in [0.2, 0.25) is 0 Å². The molecule has 0 atom stereocenters. The molecule has 0 aliphatic rings. The fourth-order valence-electron chi connectivity index (χ4n) is 6.27. The molecule has 237 valence electrons. The van der Waals surface area contributed by atoms with Crippen LogP contribution in [0.2, 0.25) is 0 Å². The van der Waals surface area contributed by atoms with Gasteiger partial charge in [0.15, 0.2) is 5.78 Å². The van der Waals surface area contributed by atoms with Gasteiger partial charge >= 0.3 is 0 Å². The molecule has 3 nitrogen and oxygen atoms in total. The first kappa shape index (κ1) is 33.9. The minimum Gasteiger partial charge on any atom is -0.512 e. The number of benzene rings is 5. The normalized spacial score (nSPS) is 11.4. The average Bonchev–Trinajstić information content (AvgIpc) is 3.48. The summed E-state index contributed by atoms with van der Waals surface area (Å²) in [6, 6.07) is 40.9. The van der Waals surface area contributed by atoms with Crippen molar-refractivity contribution in [1.29, 1.82) is 0 Å². The largest absolute Gasteiger partial charge is 0.512 e. The molecule has 0 bridgehead atoms. The summed E-state index contributed by atoms with van der Waals surface area (Å²) in [4.78, 5) is 16.2. The molecular weight excluding hydrogens is 775 g/mol. The maximum atomic E-state index is 10.0. The Balaban J connectivity index is 0.000000491. The first-order valence-corrected chi connectivity index (χ1v) is 16.3. The number of carbonyl (C=O) groups excluding carboxylic acids is 1. The van der Waals surface area contributed by atoms with E-state index >= 15 is 0 Å². The molecule has 5 heteroatoms. The summed E-state index contributed by atoms with van der Waals surface area (Å²) in [5.74, 6) is 0.404. The third-order valence-corrected chi connectivity index (χ3v) is 9.25. The van der Waals surface area contributed by atoms with Gasteiger partial charge in [-0.1, -0.05) is 116 Å². The van der Waals surface area contributed by atoms with E-state index in [9.17, 15) is 4.79 Å². The SMILES string of the molecule is CC(=O)/C=C(/C)O.Cc1ccc2c(ccc3c(-c4[c-]c5sc(-c6ccccc6)cc5c(-c5ccccc5)c4)nccc32)c1C(C)C.[Ir]. The van der Waals surface area contributed by atoms with Crippen LogP contribution in [0.3, 0.4) is 0 Å². The van der Waals surface area contributed by atoms with Crippen molar-refractivity contribution in [1.82, 2.24) is 4.98 Å². The number of pyridine rings is 1. The van der Waals surface area contributed by atoms with E-state index in [0.717, 1.165) is 21.3 Å². The van der Waals surface area contributed by atoms with Crippen LogP contribution in [0.1, 0.15) is 44.7 Å². The molecule has 0 saturated heterocycles. The molecule has 0 aliphatic carbocycles.